The number of halogens is 3. The number of carbonyl (C=O) groups excluding carboxylic acids is 1. The van der Waals surface area contributed by atoms with Crippen LogP contribution in [0.2, 0.25) is 0 Å². The summed E-state index contributed by atoms with van der Waals surface area (Å²) in [4.78, 5) is 17.1. The van der Waals surface area contributed by atoms with Gasteiger partial charge < -0.3 is 5.32 Å². The molecule has 7 heteroatoms. The van der Waals surface area contributed by atoms with E-state index in [4.69, 9.17) is 0 Å². The minimum absolute atomic E-state index is 0.0391. The summed E-state index contributed by atoms with van der Waals surface area (Å²) in [6.07, 6.45) is 0. The van der Waals surface area contributed by atoms with Crippen LogP contribution in [-0.2, 0) is 0 Å². The highest BCUT2D eigenvalue weighted by Crippen LogP contribution is 2.32. The lowest BCUT2D eigenvalue weighted by molar-refractivity contribution is 0.102. The minimum Gasteiger partial charge on any atom is -0.317 e. The first-order chi connectivity index (χ1) is 11.9. The third kappa shape index (κ3) is 3.41. The fourth-order valence-electron chi connectivity index (χ4n) is 2.42. The topological polar surface area (TPSA) is 42.0 Å². The number of aromatic nitrogens is 1. The highest BCUT2D eigenvalue weighted by molar-refractivity contribution is 7.15. The van der Waals surface area contributed by atoms with E-state index in [0.29, 0.717) is 16.1 Å². The van der Waals surface area contributed by atoms with Gasteiger partial charge in [-0.25, -0.2) is 18.2 Å². The smallest absolute Gasteiger partial charge is 0.255 e. The first kappa shape index (κ1) is 17.2. The summed E-state index contributed by atoms with van der Waals surface area (Å²) in [6.45, 7) is 3.60. The summed E-state index contributed by atoms with van der Waals surface area (Å²) in [5.41, 5.74) is 0.428. The molecule has 0 aliphatic rings. The van der Waals surface area contributed by atoms with Gasteiger partial charge in [-0.15, -0.1) is 11.3 Å². The van der Waals surface area contributed by atoms with Gasteiger partial charge in [-0.2, -0.15) is 0 Å². The first-order valence-electron chi connectivity index (χ1n) is 7.36. The van der Waals surface area contributed by atoms with Gasteiger partial charge >= 0.3 is 0 Å². The second-order valence-corrected chi connectivity index (χ2v) is 6.60. The van der Waals surface area contributed by atoms with Crippen LogP contribution in [0, 0.1) is 31.3 Å². The van der Waals surface area contributed by atoms with E-state index in [1.165, 1.54) is 29.5 Å². The van der Waals surface area contributed by atoms with Crippen molar-refractivity contribution in [1.82, 2.24) is 4.98 Å². The fourth-order valence-corrected chi connectivity index (χ4v) is 3.37. The van der Waals surface area contributed by atoms with Crippen molar-refractivity contribution in [2.24, 2.45) is 0 Å². The zero-order valence-corrected chi connectivity index (χ0v) is 14.2. The molecule has 25 heavy (non-hydrogen) atoms. The van der Waals surface area contributed by atoms with E-state index in [1.807, 2.05) is 6.92 Å². The number of thiazole rings is 1. The van der Waals surface area contributed by atoms with Crippen LogP contribution in [0.3, 0.4) is 0 Å². The second kappa shape index (κ2) is 6.68. The van der Waals surface area contributed by atoms with Crippen molar-refractivity contribution >= 4 is 22.9 Å². The number of aryl methyl sites for hydroxylation is 2. The van der Waals surface area contributed by atoms with Crippen molar-refractivity contribution in [3.63, 3.8) is 0 Å². The number of carbonyl (C=O) groups is 1. The maximum atomic E-state index is 14.4. The Balaban J connectivity index is 1.90. The average molecular weight is 362 g/mol. The molecule has 3 aromatic rings. The Morgan fingerprint density at radius 2 is 1.72 bits per heavy atom. The number of para-hydroxylation sites is 1. The molecule has 0 aliphatic carbocycles. The molecule has 128 valence electrons. The van der Waals surface area contributed by atoms with Crippen LogP contribution in [0.4, 0.5) is 18.9 Å². The molecule has 0 spiro atoms. The van der Waals surface area contributed by atoms with Gasteiger partial charge in [0.25, 0.3) is 5.91 Å². The van der Waals surface area contributed by atoms with Gasteiger partial charge in [0.1, 0.15) is 23.1 Å². The third-order valence-electron chi connectivity index (χ3n) is 3.58. The lowest BCUT2D eigenvalue weighted by Crippen LogP contribution is -2.14. The van der Waals surface area contributed by atoms with Crippen molar-refractivity contribution in [3.05, 3.63) is 70.1 Å². The zero-order chi connectivity index (χ0) is 18.1. The molecule has 0 aliphatic heterocycles. The fraction of sp³-hybridized carbons (Fsp3) is 0.111. The van der Waals surface area contributed by atoms with Gasteiger partial charge in [-0.1, -0.05) is 6.07 Å². The average Bonchev–Trinajstić information content (AvgIpc) is 2.89. The molecule has 3 rings (SSSR count). The predicted octanol–water partition coefficient (Wildman–Crippen LogP) is 5.10. The summed E-state index contributed by atoms with van der Waals surface area (Å²) < 4.78 is 41.6. The molecule has 0 fully saturated rings. The molecule has 1 heterocycles. The summed E-state index contributed by atoms with van der Waals surface area (Å²) >= 11 is 1.35. The molecular formula is C18H13F3N2OS. The molecule has 0 radical (unpaired) electrons. The van der Waals surface area contributed by atoms with Gasteiger partial charge in [0.2, 0.25) is 0 Å². The molecule has 2 aromatic carbocycles. The van der Waals surface area contributed by atoms with Gasteiger partial charge in [0.15, 0.2) is 0 Å². The third-order valence-corrected chi connectivity index (χ3v) is 4.69. The summed E-state index contributed by atoms with van der Waals surface area (Å²) in [5, 5.41) is 2.94. The summed E-state index contributed by atoms with van der Waals surface area (Å²) in [5.74, 6) is -3.21. The van der Waals surface area contributed by atoms with Crippen LogP contribution in [0.5, 0.6) is 0 Å². The molecule has 1 N–H and O–H groups in total. The Morgan fingerprint density at radius 3 is 2.28 bits per heavy atom. The number of benzene rings is 2. The van der Waals surface area contributed by atoms with E-state index >= 15 is 0 Å². The van der Waals surface area contributed by atoms with Crippen LogP contribution in [-0.4, -0.2) is 10.9 Å². The largest absolute Gasteiger partial charge is 0.317 e. The number of hydrogen-bond acceptors (Lipinski definition) is 3. The van der Waals surface area contributed by atoms with Crippen LogP contribution in [0.25, 0.3) is 10.4 Å². The van der Waals surface area contributed by atoms with Crippen LogP contribution in [0.15, 0.2) is 36.4 Å². The number of amides is 1. The van der Waals surface area contributed by atoms with Crippen LogP contribution in [0.1, 0.15) is 21.1 Å². The number of nitrogens with one attached hydrogen (secondary N) is 1. The standard InChI is InChI=1S/C18H13F3N2OS/c1-9-17(25-10(2)22-9)12-7-6-11(8-15(12)21)18(24)23-16-13(19)4-3-5-14(16)20/h3-8H,1-2H3,(H,23,24). The van der Waals surface area contributed by atoms with E-state index in [-0.39, 0.29) is 5.56 Å². The summed E-state index contributed by atoms with van der Waals surface area (Å²) in [6, 6.07) is 7.14. The highest BCUT2D eigenvalue weighted by atomic mass is 32.1. The Morgan fingerprint density at radius 1 is 1.04 bits per heavy atom. The molecule has 3 nitrogen and oxygen atoms in total. The van der Waals surface area contributed by atoms with Crippen molar-refractivity contribution in [1.29, 1.82) is 0 Å². The monoisotopic (exact) mass is 362 g/mol. The summed E-state index contributed by atoms with van der Waals surface area (Å²) in [7, 11) is 0. The predicted molar refractivity (Wildman–Crippen MR) is 91.3 cm³/mol. The molecule has 0 atom stereocenters. The van der Waals surface area contributed by atoms with Gasteiger partial charge in [0.05, 0.1) is 15.6 Å². The Hall–Kier alpha value is -2.67. The van der Waals surface area contributed by atoms with Crippen LogP contribution < -0.4 is 5.32 Å². The molecule has 0 saturated carbocycles. The van der Waals surface area contributed by atoms with Crippen LogP contribution >= 0.6 is 11.3 Å². The minimum atomic E-state index is -0.902. The lowest BCUT2D eigenvalue weighted by Gasteiger charge is -2.09. The lowest BCUT2D eigenvalue weighted by atomic mass is 10.1. The number of nitrogens with zero attached hydrogens (tertiary/aromatic N) is 1. The maximum Gasteiger partial charge on any atom is 0.255 e. The maximum absolute atomic E-state index is 14.4. The van der Waals surface area contributed by atoms with Gasteiger partial charge in [-0.05, 0) is 44.2 Å². The van der Waals surface area contributed by atoms with E-state index in [2.05, 4.69) is 10.3 Å². The second-order valence-electron chi connectivity index (χ2n) is 5.39. The SMILES string of the molecule is Cc1nc(C)c(-c2ccc(C(=O)Nc3c(F)cccc3F)cc2F)s1. The van der Waals surface area contributed by atoms with Gasteiger partial charge in [0, 0.05) is 11.1 Å². The first-order valence-corrected chi connectivity index (χ1v) is 8.18. The van der Waals surface area contributed by atoms with Crippen molar-refractivity contribution in [2.45, 2.75) is 13.8 Å². The molecule has 1 aromatic heterocycles. The quantitative estimate of drug-likeness (QED) is 0.705. The Bertz CT molecular complexity index is 949. The van der Waals surface area contributed by atoms with Crippen molar-refractivity contribution < 1.29 is 18.0 Å². The number of hydrogen-bond donors (Lipinski definition) is 1. The molecule has 0 bridgehead atoms. The van der Waals surface area contributed by atoms with Crippen molar-refractivity contribution in [2.75, 3.05) is 5.32 Å². The normalized spacial score (nSPS) is 10.8. The molecule has 0 unspecified atom stereocenters. The van der Waals surface area contributed by atoms with E-state index in [9.17, 15) is 18.0 Å². The highest BCUT2D eigenvalue weighted by Gasteiger charge is 2.17. The molecular weight excluding hydrogens is 349 g/mol. The number of anilines is 1. The van der Waals surface area contributed by atoms with Gasteiger partial charge in [-0.3, -0.25) is 4.79 Å². The Labute approximate surface area is 146 Å². The van der Waals surface area contributed by atoms with E-state index in [0.717, 1.165) is 23.2 Å². The van der Waals surface area contributed by atoms with E-state index in [1.54, 1.807) is 6.92 Å². The molecule has 0 saturated heterocycles. The van der Waals surface area contributed by atoms with E-state index < -0.39 is 29.0 Å². The Kier molecular flexibility index (Phi) is 4.59. The number of rotatable bonds is 3. The molecule has 1 amide bonds. The zero-order valence-electron chi connectivity index (χ0n) is 13.4. The van der Waals surface area contributed by atoms with Crippen molar-refractivity contribution in [3.8, 4) is 10.4 Å².